The van der Waals surface area contributed by atoms with Gasteiger partial charge in [-0.05, 0) is 32.4 Å². The molecule has 0 aliphatic heterocycles. The van der Waals surface area contributed by atoms with Gasteiger partial charge >= 0.3 is 0 Å². The van der Waals surface area contributed by atoms with Crippen molar-refractivity contribution in [2.45, 2.75) is 33.6 Å². The number of aryl methyl sites for hydroxylation is 3. The van der Waals surface area contributed by atoms with E-state index >= 15 is 0 Å². The summed E-state index contributed by atoms with van der Waals surface area (Å²) in [6.45, 7) is 5.96. The maximum Gasteiger partial charge on any atom is 0.257 e. The smallest absolute Gasteiger partial charge is 0.257 e. The summed E-state index contributed by atoms with van der Waals surface area (Å²) in [6.07, 6.45) is 1.76. The van der Waals surface area contributed by atoms with E-state index in [1.165, 1.54) is 11.3 Å². The van der Waals surface area contributed by atoms with Crippen molar-refractivity contribution in [3.63, 3.8) is 0 Å². The first-order valence-electron chi connectivity index (χ1n) is 6.41. The molecule has 2 aromatic rings. The lowest BCUT2D eigenvalue weighted by atomic mass is 10.1. The monoisotopic (exact) mass is 309 g/mol. The number of carbonyl (C=O) groups excluding carboxylic acids is 1. The van der Waals surface area contributed by atoms with Crippen molar-refractivity contribution < 1.29 is 4.79 Å². The number of halogens is 1. The number of nitrogens with one attached hydrogen (secondary N) is 1. The summed E-state index contributed by atoms with van der Waals surface area (Å²) in [5.41, 5.74) is 2.28. The average molecular weight is 310 g/mol. The summed E-state index contributed by atoms with van der Waals surface area (Å²) >= 11 is 7.42. The summed E-state index contributed by atoms with van der Waals surface area (Å²) in [6, 6.07) is 3.35. The minimum atomic E-state index is -0.208. The first-order valence-corrected chi connectivity index (χ1v) is 7.61. The maximum atomic E-state index is 12.2. The highest BCUT2D eigenvalue weighted by atomic mass is 35.5. The highest BCUT2D eigenvalue weighted by molar-refractivity contribution is 7.15. The quantitative estimate of drug-likeness (QED) is 0.868. The van der Waals surface area contributed by atoms with E-state index < -0.39 is 0 Å². The van der Waals surface area contributed by atoms with Gasteiger partial charge in [0.25, 0.3) is 5.91 Å². The summed E-state index contributed by atoms with van der Waals surface area (Å²) in [5, 5.41) is 3.75. The number of nitrogens with zero attached hydrogens (tertiary/aromatic N) is 2. The van der Waals surface area contributed by atoms with Gasteiger partial charge in [-0.15, -0.1) is 11.3 Å². The van der Waals surface area contributed by atoms with E-state index in [1.807, 2.05) is 13.8 Å². The number of aromatic nitrogens is 2. The van der Waals surface area contributed by atoms with Gasteiger partial charge in [0.2, 0.25) is 0 Å². The maximum absolute atomic E-state index is 12.2. The number of rotatable bonds is 4. The van der Waals surface area contributed by atoms with Crippen LogP contribution in [0.3, 0.4) is 0 Å². The van der Waals surface area contributed by atoms with Gasteiger partial charge in [0, 0.05) is 16.1 Å². The van der Waals surface area contributed by atoms with Gasteiger partial charge in [-0.3, -0.25) is 10.1 Å². The van der Waals surface area contributed by atoms with Gasteiger partial charge in [0.15, 0.2) is 5.13 Å². The molecule has 4 nitrogen and oxygen atoms in total. The molecule has 0 spiro atoms. The van der Waals surface area contributed by atoms with Crippen LogP contribution in [0.1, 0.15) is 40.0 Å². The van der Waals surface area contributed by atoms with Gasteiger partial charge in [-0.1, -0.05) is 24.9 Å². The van der Waals surface area contributed by atoms with Crippen molar-refractivity contribution >= 4 is 34.0 Å². The Morgan fingerprint density at radius 2 is 2.10 bits per heavy atom. The Bertz CT molecular complexity index is 620. The second kappa shape index (κ2) is 6.33. The van der Waals surface area contributed by atoms with Crippen LogP contribution in [0.15, 0.2) is 12.1 Å². The molecule has 2 aromatic heterocycles. The number of hydrogen-bond acceptors (Lipinski definition) is 4. The van der Waals surface area contributed by atoms with Crippen LogP contribution in [-0.4, -0.2) is 15.9 Å². The first kappa shape index (κ1) is 14.9. The van der Waals surface area contributed by atoms with Crippen LogP contribution in [0.4, 0.5) is 5.13 Å². The minimum absolute atomic E-state index is 0.208. The van der Waals surface area contributed by atoms with Crippen LogP contribution in [0, 0.1) is 13.8 Å². The number of pyridine rings is 1. The van der Waals surface area contributed by atoms with Crippen LogP contribution in [-0.2, 0) is 6.42 Å². The van der Waals surface area contributed by atoms with Crippen LogP contribution >= 0.6 is 22.9 Å². The molecule has 0 aliphatic rings. The fraction of sp³-hybridized carbons (Fsp3) is 0.357. The first-order chi connectivity index (χ1) is 9.49. The second-order valence-electron chi connectivity index (χ2n) is 4.53. The zero-order chi connectivity index (χ0) is 14.7. The predicted octanol–water partition coefficient (Wildman–Crippen LogP) is 4.01. The Morgan fingerprint density at radius 1 is 1.35 bits per heavy atom. The molecular formula is C14H16ClN3OS. The lowest BCUT2D eigenvalue weighted by Gasteiger charge is -2.05. The molecule has 6 heteroatoms. The fourth-order valence-electron chi connectivity index (χ4n) is 1.76. The normalized spacial score (nSPS) is 10.6. The summed E-state index contributed by atoms with van der Waals surface area (Å²) < 4.78 is 0. The molecule has 20 heavy (non-hydrogen) atoms. The number of amides is 1. The van der Waals surface area contributed by atoms with Gasteiger partial charge in [-0.25, -0.2) is 9.97 Å². The molecule has 1 N–H and O–H groups in total. The molecule has 0 aromatic carbocycles. The Morgan fingerprint density at radius 3 is 2.70 bits per heavy atom. The van der Waals surface area contributed by atoms with Crippen molar-refractivity contribution in [3.05, 3.63) is 39.1 Å². The Kier molecular flexibility index (Phi) is 4.73. The third-order valence-corrected chi connectivity index (χ3v) is 4.05. The molecule has 2 heterocycles. The topological polar surface area (TPSA) is 54.9 Å². The van der Waals surface area contributed by atoms with Gasteiger partial charge in [0.1, 0.15) is 5.15 Å². The van der Waals surface area contributed by atoms with E-state index in [1.54, 1.807) is 12.1 Å². The summed E-state index contributed by atoms with van der Waals surface area (Å²) in [5.74, 6) is -0.208. The molecule has 0 atom stereocenters. The van der Waals surface area contributed by atoms with Crippen molar-refractivity contribution in [3.8, 4) is 0 Å². The molecule has 1 amide bonds. The summed E-state index contributed by atoms with van der Waals surface area (Å²) in [4.78, 5) is 21.8. The number of carbonyl (C=O) groups is 1. The molecule has 0 unspecified atom stereocenters. The number of anilines is 1. The molecule has 0 radical (unpaired) electrons. The minimum Gasteiger partial charge on any atom is -0.298 e. The predicted molar refractivity (Wildman–Crippen MR) is 82.8 cm³/mol. The SMILES string of the molecule is CCCc1cc(C(=O)Nc2nc(C)c(C)s2)cc(Cl)n1. The number of hydrogen-bond donors (Lipinski definition) is 1. The van der Waals surface area contributed by atoms with Crippen LogP contribution in [0.25, 0.3) is 0 Å². The largest absolute Gasteiger partial charge is 0.298 e. The van der Waals surface area contributed by atoms with Crippen molar-refractivity contribution in [2.24, 2.45) is 0 Å². The fourth-order valence-corrected chi connectivity index (χ4v) is 2.80. The highest BCUT2D eigenvalue weighted by Crippen LogP contribution is 2.22. The van der Waals surface area contributed by atoms with Gasteiger partial charge in [0.05, 0.1) is 5.69 Å². The summed E-state index contributed by atoms with van der Waals surface area (Å²) in [7, 11) is 0. The van der Waals surface area contributed by atoms with E-state index in [9.17, 15) is 4.79 Å². The van der Waals surface area contributed by atoms with Crippen LogP contribution in [0.5, 0.6) is 0 Å². The number of thiazole rings is 1. The highest BCUT2D eigenvalue weighted by Gasteiger charge is 2.12. The molecule has 0 aliphatic carbocycles. The average Bonchev–Trinajstić information content (AvgIpc) is 2.68. The van der Waals surface area contributed by atoms with E-state index in [4.69, 9.17) is 11.6 Å². The van der Waals surface area contributed by atoms with Gasteiger partial charge in [-0.2, -0.15) is 0 Å². The third kappa shape index (κ3) is 3.55. The van der Waals surface area contributed by atoms with Crippen molar-refractivity contribution in [1.29, 1.82) is 0 Å². The van der Waals surface area contributed by atoms with E-state index in [-0.39, 0.29) is 5.91 Å². The molecule has 0 fully saturated rings. The van der Waals surface area contributed by atoms with Crippen LogP contribution in [0.2, 0.25) is 5.15 Å². The molecule has 0 saturated carbocycles. The van der Waals surface area contributed by atoms with E-state index in [0.717, 1.165) is 29.1 Å². The van der Waals surface area contributed by atoms with E-state index in [0.29, 0.717) is 15.8 Å². The Balaban J connectivity index is 2.20. The van der Waals surface area contributed by atoms with Crippen LogP contribution < -0.4 is 5.32 Å². The molecule has 106 valence electrons. The molecule has 0 bridgehead atoms. The lowest BCUT2D eigenvalue weighted by Crippen LogP contribution is -2.12. The Labute approximate surface area is 127 Å². The van der Waals surface area contributed by atoms with Gasteiger partial charge < -0.3 is 0 Å². The zero-order valence-corrected chi connectivity index (χ0v) is 13.2. The zero-order valence-electron chi connectivity index (χ0n) is 11.7. The molecule has 0 saturated heterocycles. The molecule has 2 rings (SSSR count). The lowest BCUT2D eigenvalue weighted by molar-refractivity contribution is 0.102. The standard InChI is InChI=1S/C14H16ClN3OS/c1-4-5-11-6-10(7-12(15)17-11)13(19)18-14-16-8(2)9(3)20-14/h6-7H,4-5H2,1-3H3,(H,16,18,19). The third-order valence-electron chi connectivity index (χ3n) is 2.86. The van der Waals surface area contributed by atoms with E-state index in [2.05, 4.69) is 22.2 Å². The van der Waals surface area contributed by atoms with Crippen molar-refractivity contribution in [1.82, 2.24) is 9.97 Å². The van der Waals surface area contributed by atoms with Crippen molar-refractivity contribution in [2.75, 3.05) is 5.32 Å². The second-order valence-corrected chi connectivity index (χ2v) is 6.13. The Hall–Kier alpha value is -1.46. The molecular weight excluding hydrogens is 294 g/mol.